The monoisotopic (exact) mass is 151 g/mol. The average molecular weight is 151 g/mol. The van der Waals surface area contributed by atoms with Gasteiger partial charge in [0.15, 0.2) is 0 Å². The molecule has 0 aromatic heterocycles. The third-order valence-electron chi connectivity index (χ3n) is 3.32. The van der Waals surface area contributed by atoms with E-state index in [2.05, 4.69) is 24.9 Å². The summed E-state index contributed by atoms with van der Waals surface area (Å²) in [5.41, 5.74) is 1.64. The molecule has 1 aliphatic heterocycles. The largest absolute Gasteiger partial charge is 0.303 e. The second-order valence-electron chi connectivity index (χ2n) is 3.98. The number of likely N-dealkylation sites (tertiary alicyclic amines) is 1. The Labute approximate surface area is 69.1 Å². The molecule has 0 aromatic carbocycles. The van der Waals surface area contributed by atoms with Crippen molar-refractivity contribution in [1.29, 1.82) is 0 Å². The third-order valence-corrected chi connectivity index (χ3v) is 3.32. The minimum absolute atomic E-state index is 0.851. The molecule has 0 aromatic rings. The molecule has 0 saturated carbocycles. The molecule has 62 valence electrons. The van der Waals surface area contributed by atoms with E-state index in [4.69, 9.17) is 0 Å². The zero-order valence-electron chi connectivity index (χ0n) is 7.51. The highest BCUT2D eigenvalue weighted by Crippen LogP contribution is 2.35. The van der Waals surface area contributed by atoms with Gasteiger partial charge in [-0.2, -0.15) is 0 Å². The summed E-state index contributed by atoms with van der Waals surface area (Å²) in [6.07, 6.45) is 6.55. The highest BCUT2D eigenvalue weighted by atomic mass is 15.1. The van der Waals surface area contributed by atoms with E-state index in [1.54, 1.807) is 5.57 Å². The first-order valence-corrected chi connectivity index (χ1v) is 4.66. The van der Waals surface area contributed by atoms with Gasteiger partial charge < -0.3 is 4.90 Å². The van der Waals surface area contributed by atoms with E-state index in [1.165, 1.54) is 25.8 Å². The van der Waals surface area contributed by atoms with Gasteiger partial charge in [-0.3, -0.25) is 0 Å². The summed E-state index contributed by atoms with van der Waals surface area (Å²) in [5, 5.41) is 0. The van der Waals surface area contributed by atoms with E-state index in [-0.39, 0.29) is 0 Å². The summed E-state index contributed by atoms with van der Waals surface area (Å²) in [6.45, 7) is 3.60. The molecule has 0 amide bonds. The molecule has 1 nitrogen and oxygen atoms in total. The average Bonchev–Trinajstić information content (AvgIpc) is 2.35. The summed E-state index contributed by atoms with van der Waals surface area (Å²) >= 11 is 0. The smallest absolute Gasteiger partial charge is 0.0192 e. The molecule has 11 heavy (non-hydrogen) atoms. The topological polar surface area (TPSA) is 3.24 Å². The van der Waals surface area contributed by atoms with E-state index >= 15 is 0 Å². The van der Waals surface area contributed by atoms with Gasteiger partial charge in [-0.05, 0) is 45.7 Å². The van der Waals surface area contributed by atoms with Crippen molar-refractivity contribution in [3.63, 3.8) is 0 Å². The van der Waals surface area contributed by atoms with Gasteiger partial charge in [-0.1, -0.05) is 11.6 Å². The Balaban J connectivity index is 2.12. The van der Waals surface area contributed by atoms with Crippen molar-refractivity contribution in [3.8, 4) is 0 Å². The van der Waals surface area contributed by atoms with Crippen LogP contribution in [0.15, 0.2) is 11.6 Å². The van der Waals surface area contributed by atoms with Crippen LogP contribution in [0.5, 0.6) is 0 Å². The lowest BCUT2D eigenvalue weighted by atomic mass is 9.89. The third kappa shape index (κ3) is 1.12. The normalized spacial score (nSPS) is 38.5. The number of piperidine rings is 1. The first kappa shape index (κ1) is 7.35. The van der Waals surface area contributed by atoms with Gasteiger partial charge in [0, 0.05) is 6.04 Å². The van der Waals surface area contributed by atoms with Crippen molar-refractivity contribution < 1.29 is 0 Å². The minimum atomic E-state index is 0.851. The van der Waals surface area contributed by atoms with Crippen molar-refractivity contribution in [1.82, 2.24) is 4.90 Å². The lowest BCUT2D eigenvalue weighted by molar-refractivity contribution is 0.153. The van der Waals surface area contributed by atoms with Crippen LogP contribution in [0.3, 0.4) is 0 Å². The summed E-state index contributed by atoms with van der Waals surface area (Å²) in [7, 11) is 2.27. The Kier molecular flexibility index (Phi) is 1.76. The van der Waals surface area contributed by atoms with Crippen molar-refractivity contribution in [2.24, 2.45) is 5.92 Å². The Morgan fingerprint density at radius 3 is 3.09 bits per heavy atom. The number of hydrogen-bond acceptors (Lipinski definition) is 1. The highest BCUT2D eigenvalue weighted by Gasteiger charge is 2.32. The van der Waals surface area contributed by atoms with Crippen LogP contribution in [-0.4, -0.2) is 24.5 Å². The molecule has 1 fully saturated rings. The predicted molar refractivity (Wildman–Crippen MR) is 47.5 cm³/mol. The lowest BCUT2D eigenvalue weighted by Crippen LogP contribution is -2.40. The fraction of sp³-hybridized carbons (Fsp3) is 0.800. The first-order valence-electron chi connectivity index (χ1n) is 4.66. The van der Waals surface area contributed by atoms with Gasteiger partial charge >= 0.3 is 0 Å². The Morgan fingerprint density at radius 1 is 1.55 bits per heavy atom. The van der Waals surface area contributed by atoms with E-state index < -0.39 is 0 Å². The quantitative estimate of drug-likeness (QED) is 0.479. The molecule has 1 heterocycles. The molecule has 2 rings (SSSR count). The van der Waals surface area contributed by atoms with Crippen LogP contribution in [-0.2, 0) is 0 Å². The van der Waals surface area contributed by atoms with Crippen LogP contribution >= 0.6 is 0 Å². The maximum atomic E-state index is 2.53. The standard InChI is InChI=1S/C10H17N/c1-8-5-6-10-9(8)4-3-7-11(10)2/h5,9-10H,3-4,6-7H2,1-2H3. The number of hydrogen-bond donors (Lipinski definition) is 0. The zero-order valence-corrected chi connectivity index (χ0v) is 7.51. The van der Waals surface area contributed by atoms with Crippen molar-refractivity contribution >= 4 is 0 Å². The molecule has 0 radical (unpaired) electrons. The van der Waals surface area contributed by atoms with Gasteiger partial charge in [-0.25, -0.2) is 0 Å². The molecular formula is C10H17N. The SMILES string of the molecule is CC1=CCC2C1CCCN2C. The van der Waals surface area contributed by atoms with Crippen LogP contribution in [0.2, 0.25) is 0 Å². The molecule has 2 atom stereocenters. The fourth-order valence-corrected chi connectivity index (χ4v) is 2.56. The van der Waals surface area contributed by atoms with Gasteiger partial charge in [0.2, 0.25) is 0 Å². The van der Waals surface area contributed by atoms with Crippen LogP contribution in [0, 0.1) is 5.92 Å². The van der Waals surface area contributed by atoms with Crippen LogP contribution in [0.4, 0.5) is 0 Å². The maximum Gasteiger partial charge on any atom is 0.0192 e. The fourth-order valence-electron chi connectivity index (χ4n) is 2.56. The summed E-state index contributed by atoms with van der Waals surface area (Å²) in [6, 6.07) is 0.851. The molecule has 2 aliphatic rings. The number of nitrogens with zero attached hydrogens (tertiary/aromatic N) is 1. The molecule has 2 unspecified atom stereocenters. The van der Waals surface area contributed by atoms with Crippen LogP contribution in [0.1, 0.15) is 26.2 Å². The molecule has 0 bridgehead atoms. The van der Waals surface area contributed by atoms with Gasteiger partial charge in [0.25, 0.3) is 0 Å². The summed E-state index contributed by atoms with van der Waals surface area (Å²) in [4.78, 5) is 2.53. The second kappa shape index (κ2) is 2.63. The number of fused-ring (bicyclic) bond motifs is 1. The molecule has 1 heteroatoms. The van der Waals surface area contributed by atoms with E-state index in [0.29, 0.717) is 0 Å². The van der Waals surface area contributed by atoms with E-state index in [1.807, 2.05) is 0 Å². The van der Waals surface area contributed by atoms with Gasteiger partial charge in [-0.15, -0.1) is 0 Å². The Hall–Kier alpha value is -0.300. The minimum Gasteiger partial charge on any atom is -0.303 e. The van der Waals surface area contributed by atoms with Crippen LogP contribution < -0.4 is 0 Å². The number of rotatable bonds is 0. The molecule has 0 N–H and O–H groups in total. The van der Waals surface area contributed by atoms with E-state index in [9.17, 15) is 0 Å². The maximum absolute atomic E-state index is 2.53. The second-order valence-corrected chi connectivity index (χ2v) is 3.98. The zero-order chi connectivity index (χ0) is 7.84. The highest BCUT2D eigenvalue weighted by molar-refractivity contribution is 5.16. The van der Waals surface area contributed by atoms with Gasteiger partial charge in [0.1, 0.15) is 0 Å². The molecule has 1 saturated heterocycles. The lowest BCUT2D eigenvalue weighted by Gasteiger charge is -2.35. The molecule has 1 aliphatic carbocycles. The van der Waals surface area contributed by atoms with E-state index in [0.717, 1.165) is 12.0 Å². The first-order chi connectivity index (χ1) is 5.29. The van der Waals surface area contributed by atoms with Crippen molar-refractivity contribution in [3.05, 3.63) is 11.6 Å². The molecular weight excluding hydrogens is 134 g/mol. The summed E-state index contributed by atoms with van der Waals surface area (Å²) in [5.74, 6) is 0.897. The van der Waals surface area contributed by atoms with Crippen molar-refractivity contribution in [2.75, 3.05) is 13.6 Å². The van der Waals surface area contributed by atoms with Crippen LogP contribution in [0.25, 0.3) is 0 Å². The Morgan fingerprint density at radius 2 is 2.36 bits per heavy atom. The van der Waals surface area contributed by atoms with Gasteiger partial charge in [0.05, 0.1) is 0 Å². The van der Waals surface area contributed by atoms with Crippen molar-refractivity contribution in [2.45, 2.75) is 32.2 Å². The molecule has 0 spiro atoms. The Bertz CT molecular complexity index is 183. The summed E-state index contributed by atoms with van der Waals surface area (Å²) < 4.78 is 0. The predicted octanol–water partition coefficient (Wildman–Crippen LogP) is 2.05.